The molecule has 0 fully saturated rings. The number of unbranched alkanes of at least 4 members (excludes halogenated alkanes) is 1. The average molecular weight is 427 g/mol. The fourth-order valence-corrected chi connectivity index (χ4v) is 4.17. The summed E-state index contributed by atoms with van der Waals surface area (Å²) in [4.78, 5) is 24.1. The normalized spacial score (nSPS) is 12.0. The Bertz CT molecular complexity index is 922. The standard InChI is InChI=1S/C23H30N4O2S/c1-4-6-13-19-15-24-21(29-19)17(10-5-2)14-20-16-25-22(30-20)26-23(28)27(3)18-11-8-7-9-12-18/h7-9,11-12,15-17H,4-6,10,13-14H2,1-3H3,(H,25,26,28). The lowest BCUT2D eigenvalue weighted by Gasteiger charge is -2.16. The molecule has 2 aromatic heterocycles. The summed E-state index contributed by atoms with van der Waals surface area (Å²) in [7, 11) is 1.75. The number of carbonyl (C=O) groups excluding carboxylic acids is 1. The molecule has 1 N–H and O–H groups in total. The van der Waals surface area contributed by atoms with E-state index in [1.54, 1.807) is 11.9 Å². The number of aromatic nitrogens is 2. The SMILES string of the molecule is CCCCc1cnc(C(CCC)Cc2cnc(NC(=O)N(C)c3ccccc3)s2)o1. The fraction of sp³-hybridized carbons (Fsp3) is 0.435. The number of nitrogens with zero attached hydrogens (tertiary/aromatic N) is 3. The van der Waals surface area contributed by atoms with Crippen molar-refractivity contribution in [3.05, 3.63) is 59.3 Å². The Morgan fingerprint density at radius 1 is 1.17 bits per heavy atom. The first-order chi connectivity index (χ1) is 14.6. The van der Waals surface area contributed by atoms with Gasteiger partial charge in [-0.25, -0.2) is 14.8 Å². The summed E-state index contributed by atoms with van der Waals surface area (Å²) in [6.45, 7) is 4.35. The second-order valence-corrected chi connectivity index (χ2v) is 8.53. The fourth-order valence-electron chi connectivity index (χ4n) is 3.29. The molecule has 3 rings (SSSR count). The van der Waals surface area contributed by atoms with Crippen molar-refractivity contribution < 1.29 is 9.21 Å². The zero-order valence-corrected chi connectivity index (χ0v) is 18.7. The molecule has 2 heterocycles. The van der Waals surface area contributed by atoms with Crippen LogP contribution >= 0.6 is 11.3 Å². The molecule has 0 radical (unpaired) electrons. The molecule has 6 nitrogen and oxygen atoms in total. The second-order valence-electron chi connectivity index (χ2n) is 7.41. The molecule has 0 bridgehead atoms. The minimum Gasteiger partial charge on any atom is -0.445 e. The molecule has 30 heavy (non-hydrogen) atoms. The molecule has 1 atom stereocenters. The van der Waals surface area contributed by atoms with Gasteiger partial charge in [-0.1, -0.05) is 44.9 Å². The first kappa shape index (κ1) is 22.0. The number of carbonyl (C=O) groups is 1. The second kappa shape index (κ2) is 10.9. The number of nitrogens with one attached hydrogen (secondary N) is 1. The summed E-state index contributed by atoms with van der Waals surface area (Å²) in [6.07, 6.45) is 9.77. The number of amides is 2. The minimum absolute atomic E-state index is 0.208. The summed E-state index contributed by atoms with van der Waals surface area (Å²) in [5, 5.41) is 3.49. The van der Waals surface area contributed by atoms with Gasteiger partial charge in [-0.05, 0) is 31.4 Å². The van der Waals surface area contributed by atoms with Crippen molar-refractivity contribution in [2.75, 3.05) is 17.3 Å². The minimum atomic E-state index is -0.208. The number of hydrogen-bond acceptors (Lipinski definition) is 5. The van der Waals surface area contributed by atoms with Crippen molar-refractivity contribution in [3.8, 4) is 0 Å². The molecular weight excluding hydrogens is 396 g/mol. The van der Waals surface area contributed by atoms with Crippen LogP contribution in [0.3, 0.4) is 0 Å². The van der Waals surface area contributed by atoms with E-state index in [1.807, 2.05) is 42.7 Å². The molecule has 7 heteroatoms. The number of thiazole rings is 1. The van der Waals surface area contributed by atoms with Crippen LogP contribution in [0.15, 0.2) is 47.1 Å². The third-order valence-corrected chi connectivity index (χ3v) is 5.93. The Morgan fingerprint density at radius 3 is 2.70 bits per heavy atom. The molecule has 1 aromatic carbocycles. The van der Waals surface area contributed by atoms with Crippen LogP contribution in [0.1, 0.15) is 62.0 Å². The molecule has 1 unspecified atom stereocenters. The van der Waals surface area contributed by atoms with Gasteiger partial charge in [-0.3, -0.25) is 10.2 Å². The third-order valence-electron chi connectivity index (χ3n) is 5.00. The number of oxazole rings is 1. The summed E-state index contributed by atoms with van der Waals surface area (Å²) in [5.41, 5.74) is 0.831. The lowest BCUT2D eigenvalue weighted by molar-refractivity contribution is 0.258. The zero-order chi connectivity index (χ0) is 21.3. The van der Waals surface area contributed by atoms with Crippen LogP contribution in [0.5, 0.6) is 0 Å². The molecular formula is C23H30N4O2S. The summed E-state index contributed by atoms with van der Waals surface area (Å²) in [5.74, 6) is 2.00. The lowest BCUT2D eigenvalue weighted by Crippen LogP contribution is -2.30. The zero-order valence-electron chi connectivity index (χ0n) is 17.9. The first-order valence-corrected chi connectivity index (χ1v) is 11.4. The van der Waals surface area contributed by atoms with Gasteiger partial charge < -0.3 is 4.42 Å². The number of hydrogen-bond donors (Lipinski definition) is 1. The topological polar surface area (TPSA) is 71.3 Å². The largest absolute Gasteiger partial charge is 0.445 e. The van der Waals surface area contributed by atoms with E-state index >= 15 is 0 Å². The van der Waals surface area contributed by atoms with E-state index in [4.69, 9.17) is 4.42 Å². The predicted molar refractivity (Wildman–Crippen MR) is 122 cm³/mol. The van der Waals surface area contributed by atoms with Crippen LogP contribution in [-0.2, 0) is 12.8 Å². The smallest absolute Gasteiger partial charge is 0.327 e. The predicted octanol–water partition coefficient (Wildman–Crippen LogP) is 6.27. The van der Waals surface area contributed by atoms with Crippen molar-refractivity contribution in [1.29, 1.82) is 0 Å². The quantitative estimate of drug-likeness (QED) is 0.415. The monoisotopic (exact) mass is 426 g/mol. The van der Waals surface area contributed by atoms with Crippen molar-refractivity contribution in [3.63, 3.8) is 0 Å². The van der Waals surface area contributed by atoms with Gasteiger partial charge in [0.25, 0.3) is 0 Å². The van der Waals surface area contributed by atoms with E-state index in [0.29, 0.717) is 5.13 Å². The van der Waals surface area contributed by atoms with Crippen molar-refractivity contribution in [2.24, 2.45) is 0 Å². The van der Waals surface area contributed by atoms with E-state index in [0.717, 1.165) is 60.7 Å². The first-order valence-electron chi connectivity index (χ1n) is 10.6. The number of rotatable bonds is 10. The van der Waals surface area contributed by atoms with Gasteiger partial charge in [-0.2, -0.15) is 0 Å². The molecule has 3 aromatic rings. The number of urea groups is 1. The molecule has 0 saturated carbocycles. The maximum absolute atomic E-state index is 12.5. The van der Waals surface area contributed by atoms with Crippen LogP contribution in [0, 0.1) is 0 Å². The van der Waals surface area contributed by atoms with E-state index in [2.05, 4.69) is 29.1 Å². The van der Waals surface area contributed by atoms with Crippen molar-refractivity contribution >= 4 is 28.2 Å². The number of anilines is 2. The highest BCUT2D eigenvalue weighted by Gasteiger charge is 2.20. The van der Waals surface area contributed by atoms with Gasteiger partial charge in [0.2, 0.25) is 0 Å². The number of para-hydroxylation sites is 1. The van der Waals surface area contributed by atoms with Crippen molar-refractivity contribution in [1.82, 2.24) is 9.97 Å². The molecule has 0 saturated heterocycles. The maximum atomic E-state index is 12.5. The highest BCUT2D eigenvalue weighted by Crippen LogP contribution is 2.30. The van der Waals surface area contributed by atoms with Gasteiger partial charge in [0, 0.05) is 36.1 Å². The Kier molecular flexibility index (Phi) is 8.02. The van der Waals surface area contributed by atoms with Crippen LogP contribution in [0.2, 0.25) is 0 Å². The van der Waals surface area contributed by atoms with Gasteiger partial charge in [0.1, 0.15) is 5.76 Å². The Morgan fingerprint density at radius 2 is 1.97 bits per heavy atom. The highest BCUT2D eigenvalue weighted by molar-refractivity contribution is 7.15. The van der Waals surface area contributed by atoms with Gasteiger partial charge in [-0.15, -0.1) is 11.3 Å². The highest BCUT2D eigenvalue weighted by atomic mass is 32.1. The van der Waals surface area contributed by atoms with Crippen LogP contribution in [-0.4, -0.2) is 23.0 Å². The summed E-state index contributed by atoms with van der Waals surface area (Å²) >= 11 is 1.50. The molecule has 0 aliphatic carbocycles. The van der Waals surface area contributed by atoms with Gasteiger partial charge >= 0.3 is 6.03 Å². The molecule has 0 aliphatic heterocycles. The number of benzene rings is 1. The molecule has 2 amide bonds. The Hall–Kier alpha value is -2.67. The third kappa shape index (κ3) is 5.92. The molecule has 0 aliphatic rings. The van der Waals surface area contributed by atoms with E-state index in [9.17, 15) is 4.79 Å². The number of aryl methyl sites for hydroxylation is 1. The molecule has 160 valence electrons. The Balaban J connectivity index is 1.62. The Labute approximate surface area is 182 Å². The molecule has 0 spiro atoms. The van der Waals surface area contributed by atoms with Crippen LogP contribution in [0.4, 0.5) is 15.6 Å². The average Bonchev–Trinajstić information content (AvgIpc) is 3.41. The summed E-state index contributed by atoms with van der Waals surface area (Å²) < 4.78 is 6.02. The van der Waals surface area contributed by atoms with E-state index < -0.39 is 0 Å². The van der Waals surface area contributed by atoms with E-state index in [1.165, 1.54) is 11.3 Å². The summed E-state index contributed by atoms with van der Waals surface area (Å²) in [6, 6.07) is 9.33. The van der Waals surface area contributed by atoms with Gasteiger partial charge in [0.05, 0.1) is 6.20 Å². The van der Waals surface area contributed by atoms with Crippen LogP contribution in [0.25, 0.3) is 0 Å². The lowest BCUT2D eigenvalue weighted by atomic mass is 9.99. The maximum Gasteiger partial charge on any atom is 0.327 e. The van der Waals surface area contributed by atoms with E-state index in [-0.39, 0.29) is 11.9 Å². The van der Waals surface area contributed by atoms with Crippen molar-refractivity contribution in [2.45, 2.75) is 58.3 Å². The van der Waals surface area contributed by atoms with Crippen LogP contribution < -0.4 is 10.2 Å². The van der Waals surface area contributed by atoms with Gasteiger partial charge in [0.15, 0.2) is 11.0 Å².